The van der Waals surface area contributed by atoms with E-state index >= 15 is 0 Å². The molecule has 0 aromatic rings. The first-order chi connectivity index (χ1) is 7.83. The Hall–Kier alpha value is -0.580. The van der Waals surface area contributed by atoms with Crippen LogP contribution in [-0.2, 0) is 14.6 Å². The van der Waals surface area contributed by atoms with Gasteiger partial charge in [-0.2, -0.15) is 0 Å². The summed E-state index contributed by atoms with van der Waals surface area (Å²) in [4.78, 5) is 10.5. The lowest BCUT2D eigenvalue weighted by atomic mass is 10.0. The number of hydrogen-bond acceptors (Lipinski definition) is 3. The number of hydrogen-bond donors (Lipinski definition) is 1. The molecule has 0 bridgehead atoms. The molecule has 0 aromatic heterocycles. The second-order valence-corrected chi connectivity index (χ2v) is 7.12. The van der Waals surface area contributed by atoms with E-state index in [9.17, 15) is 13.2 Å². The standard InChI is InChI=1S/C12H24O4S/c1-4-6-7-11(5-2)9-17(15,16)10(3)8-12(13)14/h10-11H,4-9H2,1-3H3,(H,13,14). The first-order valence-corrected chi connectivity index (χ1v) is 7.98. The molecule has 0 spiro atoms. The average molecular weight is 264 g/mol. The van der Waals surface area contributed by atoms with Gasteiger partial charge in [-0.15, -0.1) is 0 Å². The van der Waals surface area contributed by atoms with Crippen LogP contribution >= 0.6 is 0 Å². The summed E-state index contributed by atoms with van der Waals surface area (Å²) in [7, 11) is -3.28. The molecule has 0 aromatic carbocycles. The Bertz CT molecular complexity index is 321. The summed E-state index contributed by atoms with van der Waals surface area (Å²) in [5, 5.41) is 7.83. The van der Waals surface area contributed by atoms with Crippen molar-refractivity contribution in [1.82, 2.24) is 0 Å². The van der Waals surface area contributed by atoms with Crippen LogP contribution in [0.5, 0.6) is 0 Å². The summed E-state index contributed by atoms with van der Waals surface area (Å²) < 4.78 is 23.9. The fourth-order valence-electron chi connectivity index (χ4n) is 1.76. The van der Waals surface area contributed by atoms with Gasteiger partial charge in [-0.05, 0) is 19.3 Å². The number of carbonyl (C=O) groups is 1. The molecule has 0 aliphatic heterocycles. The molecule has 17 heavy (non-hydrogen) atoms. The van der Waals surface area contributed by atoms with Crippen molar-refractivity contribution in [1.29, 1.82) is 0 Å². The molecule has 0 fully saturated rings. The molecule has 1 N–H and O–H groups in total. The SMILES string of the molecule is CCCCC(CC)CS(=O)(=O)C(C)CC(=O)O. The number of carboxylic acids is 1. The van der Waals surface area contributed by atoms with Gasteiger partial charge in [-0.3, -0.25) is 4.79 Å². The molecule has 102 valence electrons. The molecule has 0 saturated carbocycles. The highest BCUT2D eigenvalue weighted by atomic mass is 32.2. The van der Waals surface area contributed by atoms with Crippen molar-refractivity contribution in [2.75, 3.05) is 5.75 Å². The Morgan fingerprint density at radius 3 is 2.29 bits per heavy atom. The van der Waals surface area contributed by atoms with Gasteiger partial charge >= 0.3 is 5.97 Å². The highest BCUT2D eigenvalue weighted by molar-refractivity contribution is 7.92. The summed E-state index contributed by atoms with van der Waals surface area (Å²) in [6, 6.07) is 0. The molecule has 0 heterocycles. The number of carboxylic acid groups (broad SMARTS) is 1. The maximum Gasteiger partial charge on any atom is 0.304 e. The van der Waals surface area contributed by atoms with Gasteiger partial charge in [0.1, 0.15) is 0 Å². The Kier molecular flexibility index (Phi) is 7.43. The van der Waals surface area contributed by atoms with Crippen molar-refractivity contribution in [2.24, 2.45) is 5.92 Å². The van der Waals surface area contributed by atoms with E-state index in [0.717, 1.165) is 25.7 Å². The lowest BCUT2D eigenvalue weighted by Gasteiger charge is -2.17. The van der Waals surface area contributed by atoms with Crippen molar-refractivity contribution in [3.63, 3.8) is 0 Å². The quantitative estimate of drug-likeness (QED) is 0.694. The second kappa shape index (κ2) is 7.69. The van der Waals surface area contributed by atoms with Gasteiger partial charge in [-0.1, -0.05) is 33.1 Å². The maximum atomic E-state index is 11.9. The maximum absolute atomic E-state index is 11.9. The van der Waals surface area contributed by atoms with E-state index in [1.807, 2.05) is 6.92 Å². The van der Waals surface area contributed by atoms with Crippen molar-refractivity contribution in [2.45, 2.75) is 58.1 Å². The van der Waals surface area contributed by atoms with Crippen molar-refractivity contribution >= 4 is 15.8 Å². The highest BCUT2D eigenvalue weighted by Crippen LogP contribution is 2.18. The number of rotatable bonds is 9. The first kappa shape index (κ1) is 16.4. The third-order valence-corrected chi connectivity index (χ3v) is 5.42. The van der Waals surface area contributed by atoms with E-state index in [1.54, 1.807) is 0 Å². The van der Waals surface area contributed by atoms with Crippen LogP contribution in [0.15, 0.2) is 0 Å². The molecule has 0 aliphatic carbocycles. The van der Waals surface area contributed by atoms with Crippen LogP contribution in [0.25, 0.3) is 0 Å². The van der Waals surface area contributed by atoms with Crippen LogP contribution in [0.4, 0.5) is 0 Å². The van der Waals surface area contributed by atoms with E-state index in [4.69, 9.17) is 5.11 Å². The Morgan fingerprint density at radius 1 is 1.29 bits per heavy atom. The number of sulfone groups is 1. The molecule has 0 rings (SSSR count). The Labute approximate surface area is 104 Å². The van der Waals surface area contributed by atoms with E-state index in [2.05, 4.69) is 6.92 Å². The molecular formula is C12H24O4S. The van der Waals surface area contributed by atoms with E-state index in [0.29, 0.717) is 0 Å². The fraction of sp³-hybridized carbons (Fsp3) is 0.917. The predicted molar refractivity (Wildman–Crippen MR) is 68.8 cm³/mol. The van der Waals surface area contributed by atoms with E-state index < -0.39 is 21.1 Å². The highest BCUT2D eigenvalue weighted by Gasteiger charge is 2.26. The third-order valence-electron chi connectivity index (χ3n) is 3.09. The summed E-state index contributed by atoms with van der Waals surface area (Å²) >= 11 is 0. The fourth-order valence-corrected chi connectivity index (χ4v) is 3.55. The van der Waals surface area contributed by atoms with Crippen LogP contribution in [0.1, 0.15) is 52.9 Å². The smallest absolute Gasteiger partial charge is 0.304 e. The summed E-state index contributed by atoms with van der Waals surface area (Å²) in [6.07, 6.45) is 3.53. The van der Waals surface area contributed by atoms with Gasteiger partial charge in [0.15, 0.2) is 9.84 Å². The minimum absolute atomic E-state index is 0.123. The molecule has 0 saturated heterocycles. The zero-order chi connectivity index (χ0) is 13.5. The summed E-state index contributed by atoms with van der Waals surface area (Å²) in [6.45, 7) is 5.54. The summed E-state index contributed by atoms with van der Waals surface area (Å²) in [5.41, 5.74) is 0. The van der Waals surface area contributed by atoms with Gasteiger partial charge in [-0.25, -0.2) is 8.42 Å². The van der Waals surface area contributed by atoms with Crippen LogP contribution in [0.2, 0.25) is 0 Å². The zero-order valence-corrected chi connectivity index (χ0v) is 11.8. The topological polar surface area (TPSA) is 71.4 Å². The third kappa shape index (κ3) is 6.66. The zero-order valence-electron chi connectivity index (χ0n) is 11.0. The van der Waals surface area contributed by atoms with E-state index in [-0.39, 0.29) is 18.1 Å². The van der Waals surface area contributed by atoms with Gasteiger partial charge in [0.2, 0.25) is 0 Å². The molecule has 0 amide bonds. The average Bonchev–Trinajstić information content (AvgIpc) is 2.23. The minimum atomic E-state index is -3.28. The van der Waals surface area contributed by atoms with Gasteiger partial charge < -0.3 is 5.11 Å². The molecule has 2 unspecified atom stereocenters. The summed E-state index contributed by atoms with van der Waals surface area (Å²) in [5.74, 6) is -0.767. The van der Waals surface area contributed by atoms with Crippen LogP contribution in [0, 0.1) is 5.92 Å². The van der Waals surface area contributed by atoms with Crippen molar-refractivity contribution in [3.05, 3.63) is 0 Å². The monoisotopic (exact) mass is 264 g/mol. The van der Waals surface area contributed by atoms with Crippen LogP contribution in [0.3, 0.4) is 0 Å². The predicted octanol–water partition coefficient (Wildman–Crippen LogP) is 2.48. The molecule has 0 radical (unpaired) electrons. The molecule has 5 heteroatoms. The normalized spacial score (nSPS) is 15.5. The van der Waals surface area contributed by atoms with Gasteiger partial charge in [0.25, 0.3) is 0 Å². The van der Waals surface area contributed by atoms with Crippen LogP contribution < -0.4 is 0 Å². The molecule has 2 atom stereocenters. The molecule has 4 nitrogen and oxygen atoms in total. The Balaban J connectivity index is 4.44. The minimum Gasteiger partial charge on any atom is -0.481 e. The first-order valence-electron chi connectivity index (χ1n) is 6.26. The second-order valence-electron chi connectivity index (χ2n) is 4.65. The van der Waals surface area contributed by atoms with Gasteiger partial charge in [0.05, 0.1) is 17.4 Å². The van der Waals surface area contributed by atoms with Crippen LogP contribution in [-0.4, -0.2) is 30.5 Å². The molecule has 0 aliphatic rings. The largest absolute Gasteiger partial charge is 0.481 e. The Morgan fingerprint density at radius 2 is 1.88 bits per heavy atom. The lowest BCUT2D eigenvalue weighted by molar-refractivity contribution is -0.136. The van der Waals surface area contributed by atoms with Crippen molar-refractivity contribution in [3.8, 4) is 0 Å². The molecular weight excluding hydrogens is 240 g/mol. The number of aliphatic carboxylic acids is 1. The van der Waals surface area contributed by atoms with Crippen molar-refractivity contribution < 1.29 is 18.3 Å². The van der Waals surface area contributed by atoms with Gasteiger partial charge in [0, 0.05) is 0 Å². The number of unbranched alkanes of at least 4 members (excludes halogenated alkanes) is 1. The van der Waals surface area contributed by atoms with E-state index in [1.165, 1.54) is 6.92 Å². The lowest BCUT2D eigenvalue weighted by Crippen LogP contribution is -2.27.